The molecule has 1 nitrogen and oxygen atoms in total. The van der Waals surface area contributed by atoms with E-state index in [9.17, 15) is 0 Å². The van der Waals surface area contributed by atoms with Crippen molar-refractivity contribution in [1.29, 1.82) is 0 Å². The second-order valence-corrected chi connectivity index (χ2v) is 4.96. The molecular formula is C15H21N. The second-order valence-electron chi connectivity index (χ2n) is 4.96. The monoisotopic (exact) mass is 215 g/mol. The van der Waals surface area contributed by atoms with E-state index in [1.54, 1.807) is 0 Å². The smallest absolute Gasteiger partial charge is 0.0456 e. The van der Waals surface area contributed by atoms with Gasteiger partial charge >= 0.3 is 0 Å². The molecule has 2 aromatic rings. The first kappa shape index (κ1) is 11.3. The van der Waals surface area contributed by atoms with E-state index < -0.39 is 0 Å². The molecule has 2 rings (SSSR count). The first-order chi connectivity index (χ1) is 7.70. The fraction of sp³-hybridized carbons (Fsp3) is 0.467. The summed E-state index contributed by atoms with van der Waals surface area (Å²) in [6.07, 6.45) is 5.97. The zero-order chi connectivity index (χ0) is 11.5. The molecule has 0 aliphatic heterocycles. The van der Waals surface area contributed by atoms with Gasteiger partial charge in [0.2, 0.25) is 0 Å². The Balaban J connectivity index is 2.27. The maximum Gasteiger partial charge on any atom is 0.0456 e. The Morgan fingerprint density at radius 2 is 2.12 bits per heavy atom. The highest BCUT2D eigenvalue weighted by molar-refractivity contribution is 5.83. The van der Waals surface area contributed by atoms with Crippen molar-refractivity contribution in [2.75, 3.05) is 0 Å². The predicted octanol–water partition coefficient (Wildman–Crippen LogP) is 4.46. The molecule has 86 valence electrons. The molecule has 1 aromatic heterocycles. The molecule has 0 amide bonds. The minimum atomic E-state index is 0.782. The lowest BCUT2D eigenvalue weighted by molar-refractivity contribution is 0.524. The third-order valence-electron chi connectivity index (χ3n) is 3.27. The Morgan fingerprint density at radius 3 is 2.88 bits per heavy atom. The SMILES string of the molecule is CCCC(C)Cc1c[nH]c2ccc(C)cc12. The first-order valence-corrected chi connectivity index (χ1v) is 6.27. The van der Waals surface area contributed by atoms with Crippen molar-refractivity contribution in [2.24, 2.45) is 5.92 Å². The van der Waals surface area contributed by atoms with Gasteiger partial charge in [-0.25, -0.2) is 0 Å². The fourth-order valence-electron chi connectivity index (χ4n) is 2.43. The highest BCUT2D eigenvalue weighted by Crippen LogP contribution is 2.23. The number of nitrogens with one attached hydrogen (secondary N) is 1. The molecule has 1 heterocycles. The summed E-state index contributed by atoms with van der Waals surface area (Å²) in [4.78, 5) is 3.36. The number of aromatic amines is 1. The van der Waals surface area contributed by atoms with Crippen LogP contribution < -0.4 is 0 Å². The van der Waals surface area contributed by atoms with E-state index in [2.05, 4.69) is 50.2 Å². The third-order valence-corrected chi connectivity index (χ3v) is 3.27. The number of benzene rings is 1. The van der Waals surface area contributed by atoms with Crippen LogP contribution in [0.15, 0.2) is 24.4 Å². The summed E-state index contributed by atoms with van der Waals surface area (Å²) in [5.41, 5.74) is 4.08. The largest absolute Gasteiger partial charge is 0.361 e. The highest BCUT2D eigenvalue weighted by Gasteiger charge is 2.07. The molecule has 0 aliphatic rings. The average molecular weight is 215 g/mol. The van der Waals surface area contributed by atoms with Gasteiger partial charge in [0, 0.05) is 17.1 Å². The lowest BCUT2D eigenvalue weighted by Gasteiger charge is -2.08. The van der Waals surface area contributed by atoms with Crippen molar-refractivity contribution in [3.05, 3.63) is 35.5 Å². The number of aryl methyl sites for hydroxylation is 1. The van der Waals surface area contributed by atoms with Gasteiger partial charge in [-0.15, -0.1) is 0 Å². The van der Waals surface area contributed by atoms with E-state index in [0.717, 1.165) is 5.92 Å². The Kier molecular flexibility index (Phi) is 3.33. The van der Waals surface area contributed by atoms with Crippen LogP contribution in [0.5, 0.6) is 0 Å². The van der Waals surface area contributed by atoms with Gasteiger partial charge < -0.3 is 4.98 Å². The van der Waals surface area contributed by atoms with Crippen molar-refractivity contribution in [2.45, 2.75) is 40.0 Å². The average Bonchev–Trinajstić information content (AvgIpc) is 2.61. The van der Waals surface area contributed by atoms with Crippen LogP contribution in [0.25, 0.3) is 10.9 Å². The molecular weight excluding hydrogens is 194 g/mol. The normalized spacial score (nSPS) is 13.2. The number of fused-ring (bicyclic) bond motifs is 1. The van der Waals surface area contributed by atoms with Gasteiger partial charge in [-0.1, -0.05) is 38.3 Å². The Bertz CT molecular complexity index is 467. The van der Waals surface area contributed by atoms with Crippen LogP contribution in [0.4, 0.5) is 0 Å². The molecule has 16 heavy (non-hydrogen) atoms. The van der Waals surface area contributed by atoms with E-state index in [-0.39, 0.29) is 0 Å². The quantitative estimate of drug-likeness (QED) is 0.775. The summed E-state index contributed by atoms with van der Waals surface area (Å²) in [6, 6.07) is 6.64. The summed E-state index contributed by atoms with van der Waals surface area (Å²) < 4.78 is 0. The maximum atomic E-state index is 3.36. The second kappa shape index (κ2) is 4.73. The van der Waals surface area contributed by atoms with Crippen LogP contribution in [0, 0.1) is 12.8 Å². The first-order valence-electron chi connectivity index (χ1n) is 6.27. The molecule has 1 N–H and O–H groups in total. The van der Waals surface area contributed by atoms with Gasteiger partial charge in [0.05, 0.1) is 0 Å². The molecule has 0 radical (unpaired) electrons. The maximum absolute atomic E-state index is 3.36. The third kappa shape index (κ3) is 2.29. The Morgan fingerprint density at radius 1 is 1.31 bits per heavy atom. The van der Waals surface area contributed by atoms with Gasteiger partial charge in [-0.2, -0.15) is 0 Å². The predicted molar refractivity (Wildman–Crippen MR) is 70.8 cm³/mol. The summed E-state index contributed by atoms with van der Waals surface area (Å²) >= 11 is 0. The van der Waals surface area contributed by atoms with Gasteiger partial charge in [0.15, 0.2) is 0 Å². The van der Waals surface area contributed by atoms with Crippen LogP contribution in [0.1, 0.15) is 37.8 Å². The standard InChI is InChI=1S/C15H21N/c1-4-5-11(2)8-13-10-16-15-7-6-12(3)9-14(13)15/h6-7,9-11,16H,4-5,8H2,1-3H3. The molecule has 0 spiro atoms. The van der Waals surface area contributed by atoms with Crippen molar-refractivity contribution in [3.8, 4) is 0 Å². The van der Waals surface area contributed by atoms with Crippen LogP contribution in [-0.2, 0) is 6.42 Å². The fourth-order valence-corrected chi connectivity index (χ4v) is 2.43. The lowest BCUT2D eigenvalue weighted by Crippen LogP contribution is -1.98. The van der Waals surface area contributed by atoms with Gasteiger partial charge in [-0.3, -0.25) is 0 Å². The van der Waals surface area contributed by atoms with Gasteiger partial charge in [0.1, 0.15) is 0 Å². The minimum absolute atomic E-state index is 0.782. The zero-order valence-electron chi connectivity index (χ0n) is 10.5. The molecule has 0 fully saturated rings. The molecule has 0 saturated heterocycles. The number of hydrogen-bond donors (Lipinski definition) is 1. The van der Waals surface area contributed by atoms with E-state index in [1.165, 1.54) is 41.3 Å². The van der Waals surface area contributed by atoms with Crippen molar-refractivity contribution in [3.63, 3.8) is 0 Å². The summed E-state index contributed by atoms with van der Waals surface area (Å²) in [5, 5.41) is 1.41. The topological polar surface area (TPSA) is 15.8 Å². The highest BCUT2D eigenvalue weighted by atomic mass is 14.7. The zero-order valence-corrected chi connectivity index (χ0v) is 10.5. The van der Waals surface area contributed by atoms with E-state index in [4.69, 9.17) is 0 Å². The summed E-state index contributed by atoms with van der Waals surface area (Å²) in [6.45, 7) is 6.76. The van der Waals surface area contributed by atoms with Crippen LogP contribution in [0.3, 0.4) is 0 Å². The van der Waals surface area contributed by atoms with Crippen LogP contribution in [-0.4, -0.2) is 4.98 Å². The lowest BCUT2D eigenvalue weighted by atomic mass is 9.96. The van der Waals surface area contributed by atoms with Crippen molar-refractivity contribution in [1.82, 2.24) is 4.98 Å². The molecule has 1 atom stereocenters. The number of rotatable bonds is 4. The van der Waals surface area contributed by atoms with Crippen molar-refractivity contribution < 1.29 is 0 Å². The molecule has 0 aliphatic carbocycles. The van der Waals surface area contributed by atoms with Crippen LogP contribution >= 0.6 is 0 Å². The minimum Gasteiger partial charge on any atom is -0.361 e. The molecule has 1 aromatic carbocycles. The van der Waals surface area contributed by atoms with E-state index >= 15 is 0 Å². The summed E-state index contributed by atoms with van der Waals surface area (Å²) in [7, 11) is 0. The van der Waals surface area contributed by atoms with Crippen molar-refractivity contribution >= 4 is 10.9 Å². The van der Waals surface area contributed by atoms with Gasteiger partial charge in [0.25, 0.3) is 0 Å². The molecule has 0 bridgehead atoms. The number of H-pyrrole nitrogens is 1. The Labute approximate surface area is 97.9 Å². The van der Waals surface area contributed by atoms with Gasteiger partial charge in [-0.05, 0) is 37.0 Å². The molecule has 1 heteroatoms. The number of aromatic nitrogens is 1. The molecule has 0 saturated carbocycles. The van der Waals surface area contributed by atoms with E-state index in [1.807, 2.05) is 0 Å². The summed E-state index contributed by atoms with van der Waals surface area (Å²) in [5.74, 6) is 0.782. The van der Waals surface area contributed by atoms with Crippen LogP contribution in [0.2, 0.25) is 0 Å². The number of hydrogen-bond acceptors (Lipinski definition) is 0. The Hall–Kier alpha value is -1.24. The molecule has 1 unspecified atom stereocenters. The van der Waals surface area contributed by atoms with E-state index in [0.29, 0.717) is 0 Å².